The normalized spacial score (nSPS) is 17.0. The third kappa shape index (κ3) is 4.08. The first kappa shape index (κ1) is 12.5. The van der Waals surface area contributed by atoms with Crippen molar-refractivity contribution in [3.8, 4) is 0 Å². The molecule has 0 unspecified atom stereocenters. The average molecular weight is 254 g/mol. The molecule has 17 heavy (non-hydrogen) atoms. The van der Waals surface area contributed by atoms with Crippen molar-refractivity contribution in [2.75, 3.05) is 17.6 Å². The van der Waals surface area contributed by atoms with Crippen LogP contribution in [0.3, 0.4) is 0 Å². The maximum atomic E-state index is 5.85. The largest absolute Gasteiger partial charge is 0.399 e. The molecule has 1 heterocycles. The molecular formula is C13H20ClN3. The van der Waals surface area contributed by atoms with Crippen LogP contribution in [0.5, 0.6) is 0 Å². The number of aromatic nitrogens is 1. The molecular weight excluding hydrogens is 234 g/mol. The average Bonchev–Trinajstić information content (AvgIpc) is 2.29. The van der Waals surface area contributed by atoms with Crippen molar-refractivity contribution in [2.24, 2.45) is 5.92 Å². The summed E-state index contributed by atoms with van der Waals surface area (Å²) in [4.78, 5) is 4.19. The summed E-state index contributed by atoms with van der Waals surface area (Å²) in [6.45, 7) is 0.956. The van der Waals surface area contributed by atoms with Crippen LogP contribution >= 0.6 is 11.6 Å². The Morgan fingerprint density at radius 1 is 1.29 bits per heavy atom. The second-order valence-corrected chi connectivity index (χ2v) is 5.22. The highest BCUT2D eigenvalue weighted by Crippen LogP contribution is 2.26. The molecule has 0 saturated heterocycles. The Morgan fingerprint density at radius 2 is 2.06 bits per heavy atom. The molecule has 1 aromatic heterocycles. The molecule has 1 aliphatic rings. The molecule has 0 spiro atoms. The van der Waals surface area contributed by atoms with Gasteiger partial charge in [0.1, 0.15) is 11.0 Å². The minimum Gasteiger partial charge on any atom is -0.399 e. The standard InChI is InChI=1S/C13H20ClN3/c14-12-8-11(15)9-13(17-12)16-7-6-10-4-2-1-3-5-10/h8-10H,1-7H2,(H3,15,16,17). The smallest absolute Gasteiger partial charge is 0.133 e. The molecule has 0 bridgehead atoms. The summed E-state index contributed by atoms with van der Waals surface area (Å²) >= 11 is 5.85. The first-order valence-corrected chi connectivity index (χ1v) is 6.79. The molecule has 3 nitrogen and oxygen atoms in total. The van der Waals surface area contributed by atoms with E-state index in [-0.39, 0.29) is 0 Å². The highest BCUT2D eigenvalue weighted by Gasteiger charge is 2.12. The van der Waals surface area contributed by atoms with Crippen LogP contribution in [0.2, 0.25) is 5.15 Å². The van der Waals surface area contributed by atoms with Crippen LogP contribution in [-0.4, -0.2) is 11.5 Å². The van der Waals surface area contributed by atoms with Gasteiger partial charge in [0.05, 0.1) is 0 Å². The number of pyridine rings is 1. The number of hydrogen-bond acceptors (Lipinski definition) is 3. The summed E-state index contributed by atoms with van der Waals surface area (Å²) in [6, 6.07) is 3.49. The van der Waals surface area contributed by atoms with Gasteiger partial charge in [0.2, 0.25) is 0 Å². The Morgan fingerprint density at radius 3 is 2.76 bits per heavy atom. The van der Waals surface area contributed by atoms with Crippen molar-refractivity contribution in [3.63, 3.8) is 0 Å². The van der Waals surface area contributed by atoms with E-state index in [4.69, 9.17) is 17.3 Å². The van der Waals surface area contributed by atoms with Crippen LogP contribution in [0.4, 0.5) is 11.5 Å². The van der Waals surface area contributed by atoms with Gasteiger partial charge in [-0.2, -0.15) is 0 Å². The van der Waals surface area contributed by atoms with Crippen molar-refractivity contribution >= 4 is 23.1 Å². The van der Waals surface area contributed by atoms with E-state index in [2.05, 4.69) is 10.3 Å². The predicted octanol–water partition coefficient (Wildman–Crippen LogP) is 3.70. The summed E-state index contributed by atoms with van der Waals surface area (Å²) in [6.07, 6.45) is 8.18. The molecule has 1 fully saturated rings. The number of nitrogens with two attached hydrogens (primary N) is 1. The van der Waals surface area contributed by atoms with Crippen LogP contribution in [0.15, 0.2) is 12.1 Å². The van der Waals surface area contributed by atoms with E-state index in [1.165, 1.54) is 38.5 Å². The lowest BCUT2D eigenvalue weighted by Gasteiger charge is -2.21. The first-order chi connectivity index (χ1) is 8.24. The fraction of sp³-hybridized carbons (Fsp3) is 0.615. The van der Waals surface area contributed by atoms with Gasteiger partial charge in [0.25, 0.3) is 0 Å². The molecule has 0 aromatic carbocycles. The van der Waals surface area contributed by atoms with Crippen molar-refractivity contribution < 1.29 is 0 Å². The summed E-state index contributed by atoms with van der Waals surface area (Å²) in [5.41, 5.74) is 6.37. The molecule has 1 aromatic rings. The fourth-order valence-corrected chi connectivity index (χ4v) is 2.70. The van der Waals surface area contributed by atoms with E-state index in [1.807, 2.05) is 6.07 Å². The zero-order chi connectivity index (χ0) is 12.1. The minimum atomic E-state index is 0.449. The van der Waals surface area contributed by atoms with Gasteiger partial charge in [-0.25, -0.2) is 4.98 Å². The molecule has 0 atom stereocenters. The number of nitrogens with zero attached hydrogens (tertiary/aromatic N) is 1. The number of hydrogen-bond donors (Lipinski definition) is 2. The number of anilines is 2. The van der Waals surface area contributed by atoms with E-state index in [1.54, 1.807) is 6.07 Å². The lowest BCUT2D eigenvalue weighted by atomic mass is 9.87. The molecule has 94 valence electrons. The number of halogens is 1. The molecule has 1 saturated carbocycles. The van der Waals surface area contributed by atoms with Crippen LogP contribution in [0.1, 0.15) is 38.5 Å². The maximum Gasteiger partial charge on any atom is 0.133 e. The Balaban J connectivity index is 1.77. The molecule has 0 amide bonds. The molecule has 1 aliphatic carbocycles. The highest BCUT2D eigenvalue weighted by atomic mass is 35.5. The lowest BCUT2D eigenvalue weighted by Crippen LogP contribution is -2.12. The summed E-state index contributed by atoms with van der Waals surface area (Å²) < 4.78 is 0. The molecule has 3 N–H and O–H groups in total. The zero-order valence-corrected chi connectivity index (χ0v) is 10.8. The third-order valence-electron chi connectivity index (χ3n) is 3.40. The van der Waals surface area contributed by atoms with Crippen molar-refractivity contribution in [3.05, 3.63) is 17.3 Å². The number of rotatable bonds is 4. The van der Waals surface area contributed by atoms with Gasteiger partial charge in [-0.15, -0.1) is 0 Å². The van der Waals surface area contributed by atoms with Gasteiger partial charge in [0, 0.05) is 18.3 Å². The summed E-state index contributed by atoms with van der Waals surface area (Å²) in [7, 11) is 0. The molecule has 4 heteroatoms. The van der Waals surface area contributed by atoms with E-state index in [9.17, 15) is 0 Å². The Labute approximate surface area is 108 Å². The maximum absolute atomic E-state index is 5.85. The van der Waals surface area contributed by atoms with Crippen LogP contribution in [0.25, 0.3) is 0 Å². The molecule has 2 rings (SSSR count). The minimum absolute atomic E-state index is 0.449. The van der Waals surface area contributed by atoms with Crippen LogP contribution in [0, 0.1) is 5.92 Å². The van der Waals surface area contributed by atoms with E-state index >= 15 is 0 Å². The monoisotopic (exact) mass is 253 g/mol. The third-order valence-corrected chi connectivity index (χ3v) is 3.59. The Kier molecular flexibility index (Phi) is 4.49. The van der Waals surface area contributed by atoms with Crippen molar-refractivity contribution in [1.82, 2.24) is 4.98 Å². The van der Waals surface area contributed by atoms with Crippen molar-refractivity contribution in [2.45, 2.75) is 38.5 Å². The number of nitrogen functional groups attached to an aromatic ring is 1. The van der Waals surface area contributed by atoms with E-state index in [0.717, 1.165) is 18.3 Å². The Bertz CT molecular complexity index is 341. The topological polar surface area (TPSA) is 50.9 Å². The van der Waals surface area contributed by atoms with Gasteiger partial charge < -0.3 is 11.1 Å². The molecule has 0 aliphatic heterocycles. The van der Waals surface area contributed by atoms with Gasteiger partial charge in [-0.1, -0.05) is 43.7 Å². The predicted molar refractivity (Wildman–Crippen MR) is 73.3 cm³/mol. The van der Waals surface area contributed by atoms with Gasteiger partial charge in [-0.3, -0.25) is 0 Å². The summed E-state index contributed by atoms with van der Waals surface area (Å²) in [5, 5.41) is 3.75. The van der Waals surface area contributed by atoms with Crippen LogP contribution < -0.4 is 11.1 Å². The number of nitrogens with one attached hydrogen (secondary N) is 1. The summed E-state index contributed by atoms with van der Waals surface area (Å²) in [5.74, 6) is 1.67. The second-order valence-electron chi connectivity index (χ2n) is 4.83. The lowest BCUT2D eigenvalue weighted by molar-refractivity contribution is 0.345. The van der Waals surface area contributed by atoms with Gasteiger partial charge in [-0.05, 0) is 18.4 Å². The van der Waals surface area contributed by atoms with Crippen LogP contribution in [-0.2, 0) is 0 Å². The fourth-order valence-electron chi connectivity index (χ4n) is 2.49. The SMILES string of the molecule is Nc1cc(Cl)nc(NCCC2CCCCC2)c1. The zero-order valence-electron chi connectivity index (χ0n) is 10.1. The molecule has 0 radical (unpaired) electrons. The van der Waals surface area contributed by atoms with E-state index in [0.29, 0.717) is 10.8 Å². The van der Waals surface area contributed by atoms with Crippen molar-refractivity contribution in [1.29, 1.82) is 0 Å². The highest BCUT2D eigenvalue weighted by molar-refractivity contribution is 6.29. The second kappa shape index (κ2) is 6.10. The van der Waals surface area contributed by atoms with E-state index < -0.39 is 0 Å². The quantitative estimate of drug-likeness (QED) is 0.805. The Hall–Kier alpha value is -0.960. The first-order valence-electron chi connectivity index (χ1n) is 6.41. The van der Waals surface area contributed by atoms with Gasteiger partial charge >= 0.3 is 0 Å². The van der Waals surface area contributed by atoms with Gasteiger partial charge in [0.15, 0.2) is 0 Å².